The Balaban J connectivity index is 3.00. The molecule has 0 spiro atoms. The number of nitrogens with two attached hydrogens (primary N) is 1. The normalized spacial score (nSPS) is 9.75. The van der Waals surface area contributed by atoms with Crippen LogP contribution in [0.3, 0.4) is 0 Å². The molecule has 0 radical (unpaired) electrons. The van der Waals surface area contributed by atoms with Gasteiger partial charge in [0, 0.05) is 12.0 Å². The summed E-state index contributed by atoms with van der Waals surface area (Å²) in [6.07, 6.45) is 0.249. The highest BCUT2D eigenvalue weighted by Crippen LogP contribution is 2.08. The summed E-state index contributed by atoms with van der Waals surface area (Å²) in [6, 6.07) is 6.78. The predicted octanol–water partition coefficient (Wildman–Crippen LogP) is 1.30. The molecule has 1 amide bonds. The Morgan fingerprint density at radius 2 is 2.08 bits per heavy atom. The monoisotopic (exact) mass is 167 g/mol. The second-order valence-electron chi connectivity index (χ2n) is 2.46. The molecule has 0 unspecified atom stereocenters. The van der Waals surface area contributed by atoms with Crippen LogP contribution in [0.25, 0.3) is 0 Å². The molecule has 12 heavy (non-hydrogen) atoms. The molecule has 0 atom stereocenters. The molecule has 0 aliphatic carbocycles. The third-order valence-electron chi connectivity index (χ3n) is 1.65. The first-order valence-corrected chi connectivity index (χ1v) is 3.69. The van der Waals surface area contributed by atoms with Crippen LogP contribution in [0.2, 0.25) is 0 Å². The van der Waals surface area contributed by atoms with Gasteiger partial charge in [-0.25, -0.2) is 0 Å². The molecular formula is C9H10FNO. The molecule has 0 aliphatic rings. The molecule has 0 aromatic heterocycles. The van der Waals surface area contributed by atoms with Gasteiger partial charge < -0.3 is 5.73 Å². The largest absolute Gasteiger partial charge is 0.366 e. The van der Waals surface area contributed by atoms with E-state index in [0.29, 0.717) is 11.1 Å². The first kappa shape index (κ1) is 8.71. The Morgan fingerprint density at radius 1 is 1.42 bits per heavy atom. The maximum absolute atomic E-state index is 12.0. The van der Waals surface area contributed by atoms with Crippen molar-refractivity contribution in [2.75, 3.05) is 6.67 Å². The minimum atomic E-state index is -0.501. The van der Waals surface area contributed by atoms with Crippen LogP contribution < -0.4 is 5.73 Å². The Kier molecular flexibility index (Phi) is 2.80. The van der Waals surface area contributed by atoms with Crippen LogP contribution in [0, 0.1) is 0 Å². The standard InChI is InChI=1S/C9H10FNO/c10-6-5-7-3-1-2-4-8(7)9(11)12/h1-4H,5-6H2,(H2,11,12). The van der Waals surface area contributed by atoms with Crippen LogP contribution in [0.4, 0.5) is 4.39 Å². The molecule has 0 saturated carbocycles. The molecule has 0 aliphatic heterocycles. The number of hydrogen-bond acceptors (Lipinski definition) is 1. The van der Waals surface area contributed by atoms with Crippen LogP contribution in [0.5, 0.6) is 0 Å². The van der Waals surface area contributed by atoms with E-state index >= 15 is 0 Å². The first-order valence-electron chi connectivity index (χ1n) is 3.69. The zero-order chi connectivity index (χ0) is 8.97. The van der Waals surface area contributed by atoms with E-state index in [9.17, 15) is 9.18 Å². The van der Waals surface area contributed by atoms with Gasteiger partial charge in [0.2, 0.25) is 5.91 Å². The van der Waals surface area contributed by atoms with E-state index in [-0.39, 0.29) is 6.42 Å². The van der Waals surface area contributed by atoms with Gasteiger partial charge in [-0.05, 0) is 11.6 Å². The lowest BCUT2D eigenvalue weighted by atomic mass is 10.1. The van der Waals surface area contributed by atoms with Gasteiger partial charge in [-0.15, -0.1) is 0 Å². The van der Waals surface area contributed by atoms with Gasteiger partial charge in [0.15, 0.2) is 0 Å². The molecule has 2 N–H and O–H groups in total. The van der Waals surface area contributed by atoms with Crippen molar-refractivity contribution in [3.8, 4) is 0 Å². The fraction of sp³-hybridized carbons (Fsp3) is 0.222. The lowest BCUT2D eigenvalue weighted by Crippen LogP contribution is -2.13. The summed E-state index contributed by atoms with van der Waals surface area (Å²) in [5.41, 5.74) is 6.17. The number of carbonyl (C=O) groups is 1. The summed E-state index contributed by atoms with van der Waals surface area (Å²) in [7, 11) is 0. The Hall–Kier alpha value is -1.38. The second kappa shape index (κ2) is 3.85. The van der Waals surface area contributed by atoms with Crippen molar-refractivity contribution in [3.05, 3.63) is 35.4 Å². The van der Waals surface area contributed by atoms with Crippen molar-refractivity contribution in [2.24, 2.45) is 5.73 Å². The van der Waals surface area contributed by atoms with Gasteiger partial charge >= 0.3 is 0 Å². The number of benzene rings is 1. The number of halogens is 1. The summed E-state index contributed by atoms with van der Waals surface area (Å²) in [5.74, 6) is -0.501. The van der Waals surface area contributed by atoms with E-state index in [0.717, 1.165) is 0 Å². The van der Waals surface area contributed by atoms with E-state index in [1.54, 1.807) is 24.3 Å². The van der Waals surface area contributed by atoms with E-state index in [2.05, 4.69) is 0 Å². The zero-order valence-electron chi connectivity index (χ0n) is 6.59. The highest BCUT2D eigenvalue weighted by atomic mass is 19.1. The van der Waals surface area contributed by atoms with Crippen LogP contribution in [-0.4, -0.2) is 12.6 Å². The van der Waals surface area contributed by atoms with Crippen LogP contribution >= 0.6 is 0 Å². The smallest absolute Gasteiger partial charge is 0.248 e. The summed E-state index contributed by atoms with van der Waals surface area (Å²) in [6.45, 7) is -0.468. The highest BCUT2D eigenvalue weighted by molar-refractivity contribution is 5.94. The van der Waals surface area contributed by atoms with E-state index in [1.807, 2.05) is 0 Å². The number of amides is 1. The number of hydrogen-bond donors (Lipinski definition) is 1. The molecule has 1 aromatic carbocycles. The molecule has 0 heterocycles. The molecule has 1 aromatic rings. The lowest BCUT2D eigenvalue weighted by Gasteiger charge is -2.02. The maximum atomic E-state index is 12.0. The van der Waals surface area contributed by atoms with E-state index < -0.39 is 12.6 Å². The quantitative estimate of drug-likeness (QED) is 0.724. The molecule has 2 nitrogen and oxygen atoms in total. The molecule has 1 rings (SSSR count). The third-order valence-corrected chi connectivity index (χ3v) is 1.65. The van der Waals surface area contributed by atoms with Crippen molar-refractivity contribution in [3.63, 3.8) is 0 Å². The first-order chi connectivity index (χ1) is 5.75. The van der Waals surface area contributed by atoms with E-state index in [1.165, 1.54) is 0 Å². The fourth-order valence-corrected chi connectivity index (χ4v) is 1.08. The Labute approximate surface area is 70.2 Å². The summed E-state index contributed by atoms with van der Waals surface area (Å²) in [4.78, 5) is 10.8. The summed E-state index contributed by atoms with van der Waals surface area (Å²) >= 11 is 0. The number of aryl methyl sites for hydroxylation is 1. The Bertz CT molecular complexity index is 286. The number of rotatable bonds is 3. The SMILES string of the molecule is NC(=O)c1ccccc1CCF. The van der Waals surface area contributed by atoms with Gasteiger partial charge in [-0.1, -0.05) is 18.2 Å². The summed E-state index contributed by atoms with van der Waals surface area (Å²) < 4.78 is 12.0. The molecule has 0 saturated heterocycles. The number of primary amides is 1. The third kappa shape index (κ3) is 1.81. The number of alkyl halides is 1. The van der Waals surface area contributed by atoms with Crippen molar-refractivity contribution in [1.82, 2.24) is 0 Å². The molecule has 0 fully saturated rings. The molecular weight excluding hydrogens is 157 g/mol. The van der Waals surface area contributed by atoms with Crippen molar-refractivity contribution < 1.29 is 9.18 Å². The average molecular weight is 167 g/mol. The fourth-order valence-electron chi connectivity index (χ4n) is 1.08. The van der Waals surface area contributed by atoms with Crippen LogP contribution in [0.1, 0.15) is 15.9 Å². The topological polar surface area (TPSA) is 43.1 Å². The van der Waals surface area contributed by atoms with Gasteiger partial charge in [0.05, 0.1) is 6.67 Å². The summed E-state index contributed by atoms with van der Waals surface area (Å²) in [5, 5.41) is 0. The van der Waals surface area contributed by atoms with Crippen LogP contribution in [-0.2, 0) is 6.42 Å². The van der Waals surface area contributed by atoms with Gasteiger partial charge in [-0.3, -0.25) is 9.18 Å². The molecule has 64 valence electrons. The van der Waals surface area contributed by atoms with Gasteiger partial charge in [0.25, 0.3) is 0 Å². The predicted molar refractivity (Wildman–Crippen MR) is 44.6 cm³/mol. The van der Waals surface area contributed by atoms with Crippen molar-refractivity contribution in [1.29, 1.82) is 0 Å². The highest BCUT2D eigenvalue weighted by Gasteiger charge is 2.05. The Morgan fingerprint density at radius 3 is 2.67 bits per heavy atom. The van der Waals surface area contributed by atoms with Crippen molar-refractivity contribution >= 4 is 5.91 Å². The lowest BCUT2D eigenvalue weighted by molar-refractivity contribution is 0.0999. The minimum Gasteiger partial charge on any atom is -0.366 e. The van der Waals surface area contributed by atoms with Gasteiger partial charge in [-0.2, -0.15) is 0 Å². The van der Waals surface area contributed by atoms with E-state index in [4.69, 9.17) is 5.73 Å². The number of carbonyl (C=O) groups excluding carboxylic acids is 1. The average Bonchev–Trinajstić information content (AvgIpc) is 2.05. The minimum absolute atomic E-state index is 0.249. The van der Waals surface area contributed by atoms with Gasteiger partial charge in [0.1, 0.15) is 0 Å². The second-order valence-corrected chi connectivity index (χ2v) is 2.46. The maximum Gasteiger partial charge on any atom is 0.248 e. The zero-order valence-corrected chi connectivity index (χ0v) is 6.59. The molecule has 0 bridgehead atoms. The van der Waals surface area contributed by atoms with Crippen molar-refractivity contribution in [2.45, 2.75) is 6.42 Å². The van der Waals surface area contributed by atoms with Crippen LogP contribution in [0.15, 0.2) is 24.3 Å². The molecule has 3 heteroatoms.